The molecule has 2 nitrogen and oxygen atoms in total. The van der Waals surface area contributed by atoms with Gasteiger partial charge in [-0.05, 0) is 46.2 Å². The minimum absolute atomic E-state index is 0.657. The summed E-state index contributed by atoms with van der Waals surface area (Å²) in [7, 11) is 0. The molecule has 3 rings (SSSR count). The molecule has 0 unspecified atom stereocenters. The molecular formula is C20H12N2S2. The normalized spacial score (nSPS) is 11.8. The fourth-order valence-corrected chi connectivity index (χ4v) is 3.59. The maximum atomic E-state index is 9.31. The zero-order valence-electron chi connectivity index (χ0n) is 12.6. The topological polar surface area (TPSA) is 47.6 Å². The Hall–Kier alpha value is -2.92. The molecule has 24 heavy (non-hydrogen) atoms. The van der Waals surface area contributed by atoms with E-state index in [9.17, 15) is 10.5 Å². The zero-order chi connectivity index (χ0) is 16.8. The first-order valence-electron chi connectivity index (χ1n) is 7.21. The zero-order valence-corrected chi connectivity index (χ0v) is 14.3. The number of thiophene rings is 2. The highest BCUT2D eigenvalue weighted by Gasteiger charge is 2.03. The third-order valence-electron chi connectivity index (χ3n) is 3.37. The molecular weight excluding hydrogens is 332 g/mol. The number of hydrogen-bond acceptors (Lipinski definition) is 4. The van der Waals surface area contributed by atoms with Gasteiger partial charge < -0.3 is 0 Å². The first kappa shape index (κ1) is 16.0. The number of nitrogens with zero attached hydrogens (tertiary/aromatic N) is 2. The van der Waals surface area contributed by atoms with Crippen LogP contribution in [0.25, 0.3) is 23.3 Å². The largest absolute Gasteiger partial charge is 0.192 e. The summed E-state index contributed by atoms with van der Waals surface area (Å²) < 4.78 is 0. The highest BCUT2D eigenvalue weighted by atomic mass is 32.1. The van der Waals surface area contributed by atoms with Crippen LogP contribution in [0.5, 0.6) is 0 Å². The highest BCUT2D eigenvalue weighted by Crippen LogP contribution is 2.24. The summed E-state index contributed by atoms with van der Waals surface area (Å²) >= 11 is 3.11. The molecule has 2 aromatic heterocycles. The van der Waals surface area contributed by atoms with Crippen molar-refractivity contribution in [1.82, 2.24) is 0 Å². The summed E-state index contributed by atoms with van der Waals surface area (Å²) in [6.07, 6.45) is 3.76. The van der Waals surface area contributed by atoms with Gasteiger partial charge in [0, 0.05) is 9.75 Å². The van der Waals surface area contributed by atoms with Gasteiger partial charge in [-0.3, -0.25) is 0 Å². The Kier molecular flexibility index (Phi) is 5.03. The number of hydrogen-bond donors (Lipinski definition) is 0. The summed E-state index contributed by atoms with van der Waals surface area (Å²) in [5.74, 6) is 0. The molecule has 0 saturated heterocycles. The third-order valence-corrected chi connectivity index (χ3v) is 5.18. The number of benzene rings is 1. The van der Waals surface area contributed by atoms with Gasteiger partial charge in [0.25, 0.3) is 0 Å². The fourth-order valence-electron chi connectivity index (χ4n) is 2.20. The third kappa shape index (κ3) is 3.70. The van der Waals surface area contributed by atoms with Gasteiger partial charge in [0.05, 0.1) is 11.1 Å². The van der Waals surface area contributed by atoms with E-state index in [0.29, 0.717) is 11.1 Å². The molecule has 1 aromatic carbocycles. The van der Waals surface area contributed by atoms with Crippen LogP contribution in [0, 0.1) is 22.7 Å². The lowest BCUT2D eigenvalue weighted by Crippen LogP contribution is -1.80. The van der Waals surface area contributed by atoms with Gasteiger partial charge in [-0.15, -0.1) is 22.7 Å². The van der Waals surface area contributed by atoms with Crippen molar-refractivity contribution in [2.45, 2.75) is 0 Å². The molecule has 0 N–H and O–H groups in total. The van der Waals surface area contributed by atoms with Crippen molar-refractivity contribution in [1.29, 1.82) is 10.5 Å². The number of allylic oxidation sites excluding steroid dienone is 2. The Morgan fingerprint density at radius 2 is 1.12 bits per heavy atom. The van der Waals surface area contributed by atoms with Gasteiger partial charge in [-0.25, -0.2) is 0 Å². The molecule has 114 valence electrons. The van der Waals surface area contributed by atoms with Crippen molar-refractivity contribution in [2.24, 2.45) is 0 Å². The molecule has 0 spiro atoms. The highest BCUT2D eigenvalue weighted by molar-refractivity contribution is 7.11. The van der Waals surface area contributed by atoms with Gasteiger partial charge in [0.1, 0.15) is 12.1 Å². The van der Waals surface area contributed by atoms with E-state index in [4.69, 9.17) is 0 Å². The van der Waals surface area contributed by atoms with E-state index in [1.807, 2.05) is 71.4 Å². The van der Waals surface area contributed by atoms with Gasteiger partial charge in [0.15, 0.2) is 0 Å². The lowest BCUT2D eigenvalue weighted by Gasteiger charge is -1.99. The van der Waals surface area contributed by atoms with Crippen molar-refractivity contribution in [3.8, 4) is 12.1 Å². The van der Waals surface area contributed by atoms with Crippen LogP contribution in [0.1, 0.15) is 20.9 Å². The second kappa shape index (κ2) is 7.57. The molecule has 0 aliphatic carbocycles. The van der Waals surface area contributed by atoms with E-state index >= 15 is 0 Å². The van der Waals surface area contributed by atoms with E-state index in [0.717, 1.165) is 20.9 Å². The van der Waals surface area contributed by atoms with Crippen LogP contribution in [0.4, 0.5) is 0 Å². The lowest BCUT2D eigenvalue weighted by atomic mass is 10.1. The van der Waals surface area contributed by atoms with Crippen molar-refractivity contribution < 1.29 is 0 Å². The van der Waals surface area contributed by atoms with Crippen molar-refractivity contribution >= 4 is 46.0 Å². The molecule has 0 radical (unpaired) electrons. The van der Waals surface area contributed by atoms with E-state index < -0.39 is 0 Å². The molecule has 0 saturated carbocycles. The van der Waals surface area contributed by atoms with Crippen LogP contribution in [0.3, 0.4) is 0 Å². The number of rotatable bonds is 4. The fraction of sp³-hybridized carbons (Fsp3) is 0. The molecule has 0 aliphatic rings. The van der Waals surface area contributed by atoms with E-state index in [-0.39, 0.29) is 0 Å². The Bertz CT molecular complexity index is 865. The van der Waals surface area contributed by atoms with Gasteiger partial charge >= 0.3 is 0 Å². The summed E-state index contributed by atoms with van der Waals surface area (Å²) in [5.41, 5.74) is 3.24. The van der Waals surface area contributed by atoms with Crippen molar-refractivity contribution in [2.75, 3.05) is 0 Å². The molecule has 2 heterocycles. The van der Waals surface area contributed by atoms with Crippen molar-refractivity contribution in [3.63, 3.8) is 0 Å². The monoisotopic (exact) mass is 344 g/mol. The van der Waals surface area contributed by atoms with Gasteiger partial charge in [-0.2, -0.15) is 10.5 Å². The van der Waals surface area contributed by atoms with Crippen LogP contribution in [0.15, 0.2) is 59.3 Å². The second-order valence-corrected chi connectivity index (χ2v) is 6.86. The smallest absolute Gasteiger partial charge is 0.101 e. The Balaban J connectivity index is 1.86. The first-order valence-corrected chi connectivity index (χ1v) is 8.97. The maximum Gasteiger partial charge on any atom is 0.101 e. The minimum Gasteiger partial charge on any atom is -0.192 e. The van der Waals surface area contributed by atoms with Crippen LogP contribution in [0.2, 0.25) is 0 Å². The molecule has 0 atom stereocenters. The Morgan fingerprint density at radius 1 is 0.708 bits per heavy atom. The summed E-state index contributed by atoms with van der Waals surface area (Å²) in [4.78, 5) is 1.93. The average molecular weight is 344 g/mol. The van der Waals surface area contributed by atoms with Gasteiger partial charge in [-0.1, -0.05) is 36.4 Å². The molecule has 0 aliphatic heterocycles. The quantitative estimate of drug-likeness (QED) is 0.550. The van der Waals surface area contributed by atoms with Crippen LogP contribution in [-0.4, -0.2) is 0 Å². The van der Waals surface area contributed by atoms with Crippen LogP contribution >= 0.6 is 22.7 Å². The average Bonchev–Trinajstić information content (AvgIpc) is 3.32. The number of nitriles is 2. The standard InChI is InChI=1S/C20H12N2S2/c21-13-17(19-3-1-9-23-19)11-15-5-7-16(8-6-15)12-18(14-22)20-4-2-10-24-20/h1-12H/b17-11-,18-12+. The minimum atomic E-state index is 0.657. The molecule has 4 heteroatoms. The predicted molar refractivity (Wildman–Crippen MR) is 102 cm³/mol. The maximum absolute atomic E-state index is 9.31. The first-order chi connectivity index (χ1) is 11.8. The van der Waals surface area contributed by atoms with E-state index in [1.54, 1.807) is 22.7 Å². The Labute approximate surface area is 148 Å². The van der Waals surface area contributed by atoms with Crippen molar-refractivity contribution in [3.05, 3.63) is 80.2 Å². The summed E-state index contributed by atoms with van der Waals surface area (Å²) in [6, 6.07) is 20.1. The lowest BCUT2D eigenvalue weighted by molar-refractivity contribution is 1.53. The molecule has 0 bridgehead atoms. The van der Waals surface area contributed by atoms with E-state index in [1.165, 1.54) is 0 Å². The predicted octanol–water partition coefficient (Wildman–Crippen LogP) is 5.94. The molecule has 3 aromatic rings. The van der Waals surface area contributed by atoms with E-state index in [2.05, 4.69) is 12.1 Å². The SMILES string of the molecule is N#C/C(=C/c1ccc(/C=C(\C#N)c2cccs2)cc1)c1cccs1. The molecule has 0 fully saturated rings. The van der Waals surface area contributed by atoms with Crippen LogP contribution in [-0.2, 0) is 0 Å². The summed E-state index contributed by atoms with van der Waals surface area (Å²) in [5, 5.41) is 22.5. The second-order valence-electron chi connectivity index (χ2n) is 4.96. The Morgan fingerprint density at radius 3 is 1.42 bits per heavy atom. The van der Waals surface area contributed by atoms with Gasteiger partial charge in [0.2, 0.25) is 0 Å². The van der Waals surface area contributed by atoms with Crippen LogP contribution < -0.4 is 0 Å². The molecule has 0 amide bonds. The summed E-state index contributed by atoms with van der Waals surface area (Å²) in [6.45, 7) is 0.